The number of hydrogen-bond acceptors (Lipinski definition) is 3. The van der Waals surface area contributed by atoms with Crippen molar-refractivity contribution in [3.05, 3.63) is 94.2 Å². The molecule has 1 aliphatic heterocycles. The monoisotopic (exact) mass is 432 g/mol. The fourth-order valence-electron chi connectivity index (χ4n) is 4.18. The van der Waals surface area contributed by atoms with Gasteiger partial charge in [0.05, 0.1) is 16.8 Å². The molecular formula is C26H28N2O2S. The molecule has 2 aromatic carbocycles. The second-order valence-electron chi connectivity index (χ2n) is 8.06. The molecule has 0 radical (unpaired) electrons. The third kappa shape index (κ3) is 5.61. The summed E-state index contributed by atoms with van der Waals surface area (Å²) in [5, 5.41) is 5.21. The van der Waals surface area contributed by atoms with Crippen LogP contribution in [0, 0.1) is 5.92 Å². The Kier molecular flexibility index (Phi) is 7.15. The molecule has 0 aliphatic carbocycles. The normalized spacial score (nSPS) is 17.2. The van der Waals surface area contributed by atoms with Crippen molar-refractivity contribution in [2.75, 3.05) is 13.1 Å². The van der Waals surface area contributed by atoms with Gasteiger partial charge in [-0.25, -0.2) is 0 Å². The van der Waals surface area contributed by atoms with Crippen molar-refractivity contribution in [3.63, 3.8) is 0 Å². The molecule has 1 aromatic heterocycles. The first-order valence-corrected chi connectivity index (χ1v) is 11.8. The zero-order valence-corrected chi connectivity index (χ0v) is 18.4. The molecule has 2 heterocycles. The number of hydrogen-bond donors (Lipinski definition) is 1. The summed E-state index contributed by atoms with van der Waals surface area (Å²) in [6.45, 7) is 1.21. The minimum atomic E-state index is -0.166. The van der Waals surface area contributed by atoms with Crippen LogP contribution in [0.5, 0.6) is 0 Å². The molecule has 1 N–H and O–H groups in total. The Labute approximate surface area is 187 Å². The predicted molar refractivity (Wildman–Crippen MR) is 125 cm³/mol. The lowest BCUT2D eigenvalue weighted by Gasteiger charge is -2.33. The number of piperidine rings is 1. The van der Waals surface area contributed by atoms with Crippen LogP contribution in [0.15, 0.2) is 78.2 Å². The molecule has 4 nitrogen and oxygen atoms in total. The van der Waals surface area contributed by atoms with Gasteiger partial charge in [0, 0.05) is 13.1 Å². The lowest BCUT2D eigenvalue weighted by atomic mass is 9.94. The van der Waals surface area contributed by atoms with Gasteiger partial charge >= 0.3 is 0 Å². The van der Waals surface area contributed by atoms with Gasteiger partial charge < -0.3 is 10.2 Å². The van der Waals surface area contributed by atoms with Gasteiger partial charge in [-0.05, 0) is 48.3 Å². The predicted octanol–water partition coefficient (Wildman–Crippen LogP) is 5.09. The van der Waals surface area contributed by atoms with Crippen molar-refractivity contribution < 1.29 is 9.59 Å². The Bertz CT molecular complexity index is 973. The molecule has 2 amide bonds. The fourth-order valence-corrected chi connectivity index (χ4v) is 4.88. The molecule has 1 fully saturated rings. The van der Waals surface area contributed by atoms with E-state index in [1.807, 2.05) is 58.8 Å². The highest BCUT2D eigenvalue weighted by Gasteiger charge is 2.30. The van der Waals surface area contributed by atoms with Gasteiger partial charge in [0.2, 0.25) is 5.91 Å². The van der Waals surface area contributed by atoms with Crippen molar-refractivity contribution in [3.8, 4) is 0 Å². The second-order valence-corrected chi connectivity index (χ2v) is 9.01. The van der Waals surface area contributed by atoms with Crippen LogP contribution in [0.1, 0.15) is 46.1 Å². The Morgan fingerprint density at radius 2 is 1.74 bits per heavy atom. The van der Waals surface area contributed by atoms with E-state index in [1.54, 1.807) is 0 Å². The Balaban J connectivity index is 1.42. The molecule has 0 bridgehead atoms. The number of nitrogens with zero attached hydrogens (tertiary/aromatic N) is 1. The highest BCUT2D eigenvalue weighted by Crippen LogP contribution is 2.24. The summed E-state index contributed by atoms with van der Waals surface area (Å²) >= 11 is 1.45. The first-order valence-electron chi connectivity index (χ1n) is 10.9. The SMILES string of the molecule is O=C(NC(CCc1ccccc1)c1ccccc1)C1CCCN(C(=O)c2cccs2)C1. The number of amides is 2. The van der Waals surface area contributed by atoms with Crippen molar-refractivity contribution in [1.29, 1.82) is 0 Å². The topological polar surface area (TPSA) is 49.4 Å². The average Bonchev–Trinajstić information content (AvgIpc) is 3.37. The molecule has 2 atom stereocenters. The van der Waals surface area contributed by atoms with Crippen molar-refractivity contribution >= 4 is 23.2 Å². The number of likely N-dealkylation sites (tertiary alicyclic amines) is 1. The zero-order valence-electron chi connectivity index (χ0n) is 17.6. The maximum absolute atomic E-state index is 13.2. The van der Waals surface area contributed by atoms with Gasteiger partial charge in [-0.1, -0.05) is 66.7 Å². The van der Waals surface area contributed by atoms with Crippen LogP contribution in [-0.2, 0) is 11.2 Å². The molecule has 1 aliphatic rings. The van der Waals surface area contributed by atoms with E-state index in [2.05, 4.69) is 29.6 Å². The van der Waals surface area contributed by atoms with Crippen LogP contribution in [0.25, 0.3) is 0 Å². The average molecular weight is 433 g/mol. The van der Waals surface area contributed by atoms with Gasteiger partial charge in [0.15, 0.2) is 0 Å². The number of nitrogens with one attached hydrogen (secondary N) is 1. The third-order valence-electron chi connectivity index (χ3n) is 5.89. The molecule has 31 heavy (non-hydrogen) atoms. The maximum Gasteiger partial charge on any atom is 0.263 e. The lowest BCUT2D eigenvalue weighted by Crippen LogP contribution is -2.46. The Hall–Kier alpha value is -2.92. The largest absolute Gasteiger partial charge is 0.349 e. The summed E-state index contributed by atoms with van der Waals surface area (Å²) in [4.78, 5) is 28.5. The van der Waals surface area contributed by atoms with Crippen molar-refractivity contribution in [2.24, 2.45) is 5.92 Å². The lowest BCUT2D eigenvalue weighted by molar-refractivity contribution is -0.127. The summed E-state index contributed by atoms with van der Waals surface area (Å²) in [7, 11) is 0. The molecule has 4 rings (SSSR count). The fraction of sp³-hybridized carbons (Fsp3) is 0.308. The van der Waals surface area contributed by atoms with Gasteiger partial charge in [0.25, 0.3) is 5.91 Å². The van der Waals surface area contributed by atoms with Gasteiger partial charge in [-0.15, -0.1) is 11.3 Å². The van der Waals surface area contributed by atoms with Gasteiger partial charge in [0.1, 0.15) is 0 Å². The molecule has 3 aromatic rings. The van der Waals surface area contributed by atoms with Crippen molar-refractivity contribution in [1.82, 2.24) is 10.2 Å². The third-order valence-corrected chi connectivity index (χ3v) is 6.75. The second kappa shape index (κ2) is 10.4. The molecule has 0 spiro atoms. The zero-order chi connectivity index (χ0) is 21.5. The summed E-state index contributed by atoms with van der Waals surface area (Å²) in [6.07, 6.45) is 3.41. The Morgan fingerprint density at radius 1 is 1.00 bits per heavy atom. The van der Waals surface area contributed by atoms with Crippen LogP contribution in [0.4, 0.5) is 0 Å². The summed E-state index contributed by atoms with van der Waals surface area (Å²) < 4.78 is 0. The van der Waals surface area contributed by atoms with E-state index in [-0.39, 0.29) is 23.8 Å². The first kappa shape index (κ1) is 21.3. The minimum Gasteiger partial charge on any atom is -0.349 e. The quantitative estimate of drug-likeness (QED) is 0.565. The molecule has 160 valence electrons. The van der Waals surface area contributed by atoms with E-state index in [4.69, 9.17) is 0 Å². The molecular weight excluding hydrogens is 404 g/mol. The summed E-state index contributed by atoms with van der Waals surface area (Å²) in [5.74, 6) is -0.0811. The number of thiophene rings is 1. The number of aryl methyl sites for hydroxylation is 1. The minimum absolute atomic E-state index is 0.0381. The number of rotatable bonds is 7. The standard InChI is InChI=1S/C26H28N2O2S/c29-25(22-13-7-17-28(19-22)26(30)24-14-8-18-31-24)27-23(21-11-5-2-6-12-21)16-15-20-9-3-1-4-10-20/h1-6,8-12,14,18,22-23H,7,13,15-17,19H2,(H,27,29). The highest BCUT2D eigenvalue weighted by atomic mass is 32.1. The molecule has 2 unspecified atom stereocenters. The molecule has 0 saturated carbocycles. The first-order chi connectivity index (χ1) is 15.2. The number of carbonyl (C=O) groups excluding carboxylic acids is 2. The van der Waals surface area contributed by atoms with Crippen LogP contribution in [-0.4, -0.2) is 29.8 Å². The van der Waals surface area contributed by atoms with Crippen molar-refractivity contribution in [2.45, 2.75) is 31.7 Å². The van der Waals surface area contributed by atoms with Crippen LogP contribution >= 0.6 is 11.3 Å². The van der Waals surface area contributed by atoms with Gasteiger partial charge in [-0.3, -0.25) is 9.59 Å². The van der Waals surface area contributed by atoms with E-state index in [9.17, 15) is 9.59 Å². The highest BCUT2D eigenvalue weighted by molar-refractivity contribution is 7.12. The maximum atomic E-state index is 13.2. The van der Waals surface area contributed by atoms with E-state index >= 15 is 0 Å². The van der Waals surface area contributed by atoms with Crippen LogP contribution in [0.3, 0.4) is 0 Å². The van der Waals surface area contributed by atoms with E-state index in [0.717, 1.165) is 42.7 Å². The van der Waals surface area contributed by atoms with Crippen LogP contribution in [0.2, 0.25) is 0 Å². The number of carbonyl (C=O) groups is 2. The van der Waals surface area contributed by atoms with E-state index < -0.39 is 0 Å². The molecule has 1 saturated heterocycles. The van der Waals surface area contributed by atoms with Gasteiger partial charge in [-0.2, -0.15) is 0 Å². The van der Waals surface area contributed by atoms with E-state index in [1.165, 1.54) is 16.9 Å². The van der Waals surface area contributed by atoms with E-state index in [0.29, 0.717) is 6.54 Å². The number of benzene rings is 2. The van der Waals surface area contributed by atoms with Crippen LogP contribution < -0.4 is 5.32 Å². The molecule has 5 heteroatoms. The summed E-state index contributed by atoms with van der Waals surface area (Å²) in [6, 6.07) is 24.2. The smallest absolute Gasteiger partial charge is 0.263 e. The Morgan fingerprint density at radius 3 is 2.45 bits per heavy atom. The summed E-state index contributed by atoms with van der Waals surface area (Å²) in [5.41, 5.74) is 2.39.